The summed E-state index contributed by atoms with van der Waals surface area (Å²) in [5.41, 5.74) is 7.15. The molecule has 2 N–H and O–H groups in total. The van der Waals surface area contributed by atoms with Crippen LogP contribution in [0.1, 0.15) is 55.3 Å². The fourth-order valence-electron chi connectivity index (χ4n) is 5.12. The van der Waals surface area contributed by atoms with Gasteiger partial charge in [0.1, 0.15) is 0 Å². The maximum absolute atomic E-state index is 13.8. The Hall–Kier alpha value is -3.73. The van der Waals surface area contributed by atoms with Crippen LogP contribution in [-0.4, -0.2) is 19.0 Å². The SMILES string of the molecule is COc1cc(C2CC(=O)C3=C(C2)Nc2ccccc2NC3c2cccc(C)c2)ccc1OC(C)C. The number of hydrogen-bond donors (Lipinski definition) is 2. The molecule has 2 aliphatic rings. The lowest BCUT2D eigenvalue weighted by Crippen LogP contribution is -2.27. The van der Waals surface area contributed by atoms with Crippen LogP contribution in [0.3, 0.4) is 0 Å². The number of ether oxygens (including phenoxy) is 2. The fraction of sp³-hybridized carbons (Fsp3) is 0.300. The zero-order valence-electron chi connectivity index (χ0n) is 20.7. The first-order valence-corrected chi connectivity index (χ1v) is 12.2. The lowest BCUT2D eigenvalue weighted by Gasteiger charge is -2.30. The standard InChI is InChI=1S/C30H32N2O3/c1-18(2)35-27-13-12-20(17-28(27)34-4)22-15-25-29(26(33)16-22)30(21-9-7-8-19(3)14-21)32-24-11-6-5-10-23(24)31-25/h5-14,17-18,22,30-32H,15-16H2,1-4H3. The molecular weight excluding hydrogens is 436 g/mol. The van der Waals surface area contributed by atoms with E-state index in [-0.39, 0.29) is 23.8 Å². The van der Waals surface area contributed by atoms with Crippen molar-refractivity contribution in [3.63, 3.8) is 0 Å². The summed E-state index contributed by atoms with van der Waals surface area (Å²) < 4.78 is 11.5. The number of fused-ring (bicyclic) bond motifs is 1. The maximum atomic E-state index is 13.8. The number of rotatable bonds is 5. The molecule has 5 rings (SSSR count). The highest BCUT2D eigenvalue weighted by Crippen LogP contribution is 2.45. The molecule has 0 amide bonds. The molecule has 0 fully saturated rings. The van der Waals surface area contributed by atoms with Gasteiger partial charge >= 0.3 is 0 Å². The number of nitrogens with one attached hydrogen (secondary N) is 2. The van der Waals surface area contributed by atoms with Gasteiger partial charge in [0.2, 0.25) is 0 Å². The molecule has 35 heavy (non-hydrogen) atoms. The highest BCUT2D eigenvalue weighted by Gasteiger charge is 2.36. The molecule has 0 bridgehead atoms. The third-order valence-electron chi connectivity index (χ3n) is 6.71. The molecule has 5 nitrogen and oxygen atoms in total. The zero-order chi connectivity index (χ0) is 24.5. The van der Waals surface area contributed by atoms with E-state index in [1.54, 1.807) is 7.11 Å². The van der Waals surface area contributed by atoms with E-state index in [0.29, 0.717) is 12.2 Å². The molecule has 0 radical (unpaired) electrons. The Labute approximate surface area is 207 Å². The Bertz CT molecular complexity index is 1290. The Balaban J connectivity index is 1.55. The van der Waals surface area contributed by atoms with Crippen molar-refractivity contribution in [2.45, 2.75) is 51.7 Å². The average Bonchev–Trinajstić information content (AvgIpc) is 3.01. The van der Waals surface area contributed by atoms with Crippen LogP contribution in [0.4, 0.5) is 11.4 Å². The van der Waals surface area contributed by atoms with Gasteiger partial charge in [-0.25, -0.2) is 0 Å². The molecule has 0 spiro atoms. The van der Waals surface area contributed by atoms with E-state index in [0.717, 1.165) is 45.9 Å². The summed E-state index contributed by atoms with van der Waals surface area (Å²) in [7, 11) is 1.65. The van der Waals surface area contributed by atoms with Crippen molar-refractivity contribution >= 4 is 17.2 Å². The van der Waals surface area contributed by atoms with Crippen molar-refractivity contribution in [2.24, 2.45) is 0 Å². The number of benzene rings is 3. The van der Waals surface area contributed by atoms with Gasteiger partial charge in [-0.1, -0.05) is 48.0 Å². The summed E-state index contributed by atoms with van der Waals surface area (Å²) in [5.74, 6) is 1.64. The number of Topliss-reactive ketones (excluding diaryl/α,β-unsaturated/α-hetero) is 1. The van der Waals surface area contributed by atoms with Crippen molar-refractivity contribution in [3.8, 4) is 11.5 Å². The first-order chi connectivity index (χ1) is 16.9. The molecule has 1 aliphatic heterocycles. The van der Waals surface area contributed by atoms with Gasteiger partial charge in [0.15, 0.2) is 17.3 Å². The number of allylic oxidation sites excluding steroid dienone is 1. The van der Waals surface area contributed by atoms with E-state index in [1.165, 1.54) is 5.56 Å². The molecule has 3 aromatic carbocycles. The van der Waals surface area contributed by atoms with Crippen LogP contribution in [0, 0.1) is 6.92 Å². The normalized spacial score (nSPS) is 19.3. The van der Waals surface area contributed by atoms with E-state index >= 15 is 0 Å². The second-order valence-corrected chi connectivity index (χ2v) is 9.66. The van der Waals surface area contributed by atoms with Gasteiger partial charge in [-0.05, 0) is 68.5 Å². The number of ketones is 1. The molecule has 0 saturated heterocycles. The predicted molar refractivity (Wildman–Crippen MR) is 140 cm³/mol. The minimum atomic E-state index is -0.203. The largest absolute Gasteiger partial charge is 0.493 e. The Kier molecular flexibility index (Phi) is 6.25. The Morgan fingerprint density at radius 2 is 1.69 bits per heavy atom. The fourth-order valence-corrected chi connectivity index (χ4v) is 5.12. The van der Waals surface area contributed by atoms with E-state index < -0.39 is 0 Å². The quantitative estimate of drug-likeness (QED) is 0.433. The first-order valence-electron chi connectivity index (χ1n) is 12.2. The van der Waals surface area contributed by atoms with E-state index in [2.05, 4.69) is 60.0 Å². The topological polar surface area (TPSA) is 59.6 Å². The van der Waals surface area contributed by atoms with Crippen LogP contribution < -0.4 is 20.1 Å². The lowest BCUT2D eigenvalue weighted by atomic mass is 9.78. The van der Waals surface area contributed by atoms with Crippen molar-refractivity contribution in [2.75, 3.05) is 17.7 Å². The molecular formula is C30H32N2O3. The number of para-hydroxylation sites is 2. The number of hydrogen-bond acceptors (Lipinski definition) is 5. The Morgan fingerprint density at radius 3 is 2.43 bits per heavy atom. The highest BCUT2D eigenvalue weighted by molar-refractivity contribution is 6.01. The van der Waals surface area contributed by atoms with Crippen LogP contribution >= 0.6 is 0 Å². The third kappa shape index (κ3) is 4.63. The molecule has 0 aromatic heterocycles. The number of carbonyl (C=O) groups is 1. The molecule has 1 aliphatic carbocycles. The van der Waals surface area contributed by atoms with Crippen molar-refractivity contribution < 1.29 is 14.3 Å². The van der Waals surface area contributed by atoms with E-state index in [1.807, 2.05) is 38.1 Å². The molecule has 5 heteroatoms. The molecule has 1 heterocycles. The maximum Gasteiger partial charge on any atom is 0.163 e. The van der Waals surface area contributed by atoms with Crippen molar-refractivity contribution in [1.29, 1.82) is 0 Å². The summed E-state index contributed by atoms with van der Waals surface area (Å²) in [4.78, 5) is 13.8. The van der Waals surface area contributed by atoms with Crippen LogP contribution in [-0.2, 0) is 4.79 Å². The van der Waals surface area contributed by atoms with E-state index in [4.69, 9.17) is 9.47 Å². The minimum absolute atomic E-state index is 0.0548. The first kappa shape index (κ1) is 23.0. The summed E-state index contributed by atoms with van der Waals surface area (Å²) >= 11 is 0. The second kappa shape index (κ2) is 9.49. The number of carbonyl (C=O) groups excluding carboxylic acids is 1. The lowest BCUT2D eigenvalue weighted by molar-refractivity contribution is -0.116. The van der Waals surface area contributed by atoms with Crippen LogP contribution in [0.2, 0.25) is 0 Å². The van der Waals surface area contributed by atoms with Crippen LogP contribution in [0.5, 0.6) is 11.5 Å². The van der Waals surface area contributed by atoms with Gasteiger partial charge in [-0.15, -0.1) is 0 Å². The van der Waals surface area contributed by atoms with Crippen LogP contribution in [0.15, 0.2) is 78.0 Å². The summed E-state index contributed by atoms with van der Waals surface area (Å²) in [6.07, 6.45) is 1.25. The zero-order valence-corrected chi connectivity index (χ0v) is 20.7. The molecule has 2 unspecified atom stereocenters. The monoisotopic (exact) mass is 468 g/mol. The summed E-state index contributed by atoms with van der Waals surface area (Å²) in [6.45, 7) is 6.07. The van der Waals surface area contributed by atoms with Gasteiger partial charge in [0.25, 0.3) is 0 Å². The summed E-state index contributed by atoms with van der Waals surface area (Å²) in [6, 6.07) is 22.4. The summed E-state index contributed by atoms with van der Waals surface area (Å²) in [5, 5.41) is 7.27. The van der Waals surface area contributed by atoms with E-state index in [9.17, 15) is 4.79 Å². The van der Waals surface area contributed by atoms with Gasteiger partial charge in [0, 0.05) is 17.7 Å². The smallest absolute Gasteiger partial charge is 0.163 e. The minimum Gasteiger partial charge on any atom is -0.493 e. The highest BCUT2D eigenvalue weighted by atomic mass is 16.5. The predicted octanol–water partition coefficient (Wildman–Crippen LogP) is 6.77. The molecule has 0 saturated carbocycles. The second-order valence-electron chi connectivity index (χ2n) is 9.66. The molecule has 2 atom stereocenters. The van der Waals surface area contributed by atoms with Crippen LogP contribution in [0.25, 0.3) is 0 Å². The van der Waals surface area contributed by atoms with Gasteiger partial charge < -0.3 is 20.1 Å². The average molecular weight is 469 g/mol. The van der Waals surface area contributed by atoms with Crippen molar-refractivity contribution in [3.05, 3.63) is 94.7 Å². The Morgan fingerprint density at radius 1 is 0.886 bits per heavy atom. The van der Waals surface area contributed by atoms with Gasteiger partial charge in [-0.3, -0.25) is 4.79 Å². The number of anilines is 2. The van der Waals surface area contributed by atoms with Gasteiger partial charge in [0.05, 0.1) is 30.6 Å². The third-order valence-corrected chi connectivity index (χ3v) is 6.71. The number of methoxy groups -OCH3 is 1. The van der Waals surface area contributed by atoms with Crippen molar-refractivity contribution in [1.82, 2.24) is 0 Å². The molecule has 180 valence electrons. The number of aryl methyl sites for hydroxylation is 1. The molecule has 3 aromatic rings. The van der Waals surface area contributed by atoms with Gasteiger partial charge in [-0.2, -0.15) is 0 Å².